The SMILES string of the molecule is CCC(NC(=O)c1ccc2c(c1)CCCC2)c1ccccc1C. The fraction of sp³-hybridized carbons (Fsp3) is 0.381. The van der Waals surface area contributed by atoms with Crippen LogP contribution >= 0.6 is 0 Å². The quantitative estimate of drug-likeness (QED) is 0.867. The highest BCUT2D eigenvalue weighted by molar-refractivity contribution is 5.94. The molecular formula is C21H25NO. The Morgan fingerprint density at radius 2 is 1.83 bits per heavy atom. The van der Waals surface area contributed by atoms with E-state index >= 15 is 0 Å². The van der Waals surface area contributed by atoms with Gasteiger partial charge in [-0.2, -0.15) is 0 Å². The lowest BCUT2D eigenvalue weighted by molar-refractivity contribution is 0.0935. The van der Waals surface area contributed by atoms with Crippen molar-refractivity contribution in [2.75, 3.05) is 0 Å². The van der Waals surface area contributed by atoms with Crippen molar-refractivity contribution in [1.82, 2.24) is 5.32 Å². The molecule has 0 radical (unpaired) electrons. The molecule has 0 aromatic heterocycles. The first kappa shape index (κ1) is 15.8. The van der Waals surface area contributed by atoms with Crippen molar-refractivity contribution in [3.63, 3.8) is 0 Å². The van der Waals surface area contributed by atoms with Gasteiger partial charge in [0.15, 0.2) is 0 Å². The van der Waals surface area contributed by atoms with E-state index in [1.807, 2.05) is 18.2 Å². The van der Waals surface area contributed by atoms with E-state index in [0.717, 1.165) is 24.8 Å². The number of carbonyl (C=O) groups excluding carboxylic acids is 1. The second-order valence-corrected chi connectivity index (χ2v) is 6.48. The predicted molar refractivity (Wildman–Crippen MR) is 94.8 cm³/mol. The van der Waals surface area contributed by atoms with Gasteiger partial charge in [-0.05, 0) is 73.4 Å². The smallest absolute Gasteiger partial charge is 0.251 e. The standard InChI is InChI=1S/C21H25NO/c1-3-20(19-11-7-4-8-15(19)2)22-21(23)18-13-12-16-9-5-6-10-17(16)14-18/h4,7-8,11-14,20H,3,5-6,9-10H2,1-2H3,(H,22,23). The van der Waals surface area contributed by atoms with Crippen LogP contribution in [0.15, 0.2) is 42.5 Å². The molecule has 3 rings (SSSR count). The third-order valence-corrected chi connectivity index (χ3v) is 4.89. The molecule has 0 spiro atoms. The van der Waals surface area contributed by atoms with Gasteiger partial charge in [0.1, 0.15) is 0 Å². The zero-order valence-electron chi connectivity index (χ0n) is 14.1. The van der Waals surface area contributed by atoms with E-state index in [2.05, 4.69) is 43.4 Å². The van der Waals surface area contributed by atoms with Crippen LogP contribution in [0.5, 0.6) is 0 Å². The predicted octanol–water partition coefficient (Wildman–Crippen LogP) is 4.75. The Bertz CT molecular complexity index is 705. The van der Waals surface area contributed by atoms with Crippen molar-refractivity contribution in [3.8, 4) is 0 Å². The van der Waals surface area contributed by atoms with E-state index in [1.54, 1.807) is 0 Å². The van der Waals surface area contributed by atoms with Crippen LogP contribution in [0.4, 0.5) is 0 Å². The number of nitrogens with one attached hydrogen (secondary N) is 1. The van der Waals surface area contributed by atoms with Crippen molar-refractivity contribution in [1.29, 1.82) is 0 Å². The van der Waals surface area contributed by atoms with E-state index in [9.17, 15) is 4.79 Å². The summed E-state index contributed by atoms with van der Waals surface area (Å²) in [5.74, 6) is 0.0356. The fourth-order valence-electron chi connectivity index (χ4n) is 3.49. The van der Waals surface area contributed by atoms with Gasteiger partial charge < -0.3 is 5.32 Å². The van der Waals surface area contributed by atoms with Crippen molar-refractivity contribution in [2.45, 2.75) is 52.0 Å². The maximum atomic E-state index is 12.7. The van der Waals surface area contributed by atoms with E-state index in [4.69, 9.17) is 0 Å². The average Bonchev–Trinajstić information content (AvgIpc) is 2.59. The normalized spacial score (nSPS) is 14.9. The zero-order valence-corrected chi connectivity index (χ0v) is 14.1. The van der Waals surface area contributed by atoms with Gasteiger partial charge in [0, 0.05) is 5.56 Å². The Morgan fingerprint density at radius 1 is 1.09 bits per heavy atom. The van der Waals surface area contributed by atoms with Crippen molar-refractivity contribution >= 4 is 5.91 Å². The highest BCUT2D eigenvalue weighted by Gasteiger charge is 2.17. The molecule has 0 saturated heterocycles. The van der Waals surface area contributed by atoms with Crippen molar-refractivity contribution < 1.29 is 4.79 Å². The van der Waals surface area contributed by atoms with Crippen molar-refractivity contribution in [3.05, 3.63) is 70.3 Å². The Hall–Kier alpha value is -2.09. The number of rotatable bonds is 4. The van der Waals surface area contributed by atoms with Gasteiger partial charge in [0.25, 0.3) is 5.91 Å². The van der Waals surface area contributed by atoms with Crippen LogP contribution in [0.3, 0.4) is 0 Å². The highest BCUT2D eigenvalue weighted by atomic mass is 16.1. The van der Waals surface area contributed by atoms with Crippen molar-refractivity contribution in [2.24, 2.45) is 0 Å². The minimum atomic E-state index is 0.0356. The first-order chi connectivity index (χ1) is 11.2. The second-order valence-electron chi connectivity index (χ2n) is 6.48. The molecule has 23 heavy (non-hydrogen) atoms. The van der Waals surface area contributed by atoms with E-state index < -0.39 is 0 Å². The molecule has 1 aliphatic carbocycles. The number of aryl methyl sites for hydroxylation is 3. The number of fused-ring (bicyclic) bond motifs is 1. The van der Waals surface area contributed by atoms with Crippen LogP contribution < -0.4 is 5.32 Å². The molecular weight excluding hydrogens is 282 g/mol. The Balaban J connectivity index is 1.79. The summed E-state index contributed by atoms with van der Waals surface area (Å²) < 4.78 is 0. The summed E-state index contributed by atoms with van der Waals surface area (Å²) in [6.45, 7) is 4.22. The van der Waals surface area contributed by atoms with Crippen LogP contribution in [-0.2, 0) is 12.8 Å². The summed E-state index contributed by atoms with van der Waals surface area (Å²) in [5, 5.41) is 3.21. The van der Waals surface area contributed by atoms with Crippen LogP contribution in [-0.4, -0.2) is 5.91 Å². The molecule has 0 heterocycles. The lowest BCUT2D eigenvalue weighted by Gasteiger charge is -2.21. The molecule has 2 nitrogen and oxygen atoms in total. The summed E-state index contributed by atoms with van der Waals surface area (Å²) in [4.78, 5) is 12.7. The van der Waals surface area contributed by atoms with Crippen LogP contribution in [0.25, 0.3) is 0 Å². The number of benzene rings is 2. The Labute approximate surface area is 138 Å². The maximum absolute atomic E-state index is 12.7. The number of hydrogen-bond acceptors (Lipinski definition) is 1. The Morgan fingerprint density at radius 3 is 2.57 bits per heavy atom. The average molecular weight is 307 g/mol. The third kappa shape index (κ3) is 3.47. The van der Waals surface area contributed by atoms with Gasteiger partial charge in [-0.15, -0.1) is 0 Å². The number of amides is 1. The Kier molecular flexibility index (Phi) is 4.80. The third-order valence-electron chi connectivity index (χ3n) is 4.89. The zero-order chi connectivity index (χ0) is 16.2. The van der Waals surface area contributed by atoms with Crippen LogP contribution in [0, 0.1) is 6.92 Å². The molecule has 120 valence electrons. The lowest BCUT2D eigenvalue weighted by atomic mass is 9.90. The van der Waals surface area contributed by atoms with Gasteiger partial charge in [0.2, 0.25) is 0 Å². The first-order valence-electron chi connectivity index (χ1n) is 8.67. The fourth-order valence-corrected chi connectivity index (χ4v) is 3.49. The number of hydrogen-bond donors (Lipinski definition) is 1. The molecule has 0 fully saturated rings. The largest absolute Gasteiger partial charge is 0.345 e. The van der Waals surface area contributed by atoms with E-state index in [-0.39, 0.29) is 11.9 Å². The lowest BCUT2D eigenvalue weighted by Crippen LogP contribution is -2.28. The minimum Gasteiger partial charge on any atom is -0.345 e. The monoisotopic (exact) mass is 307 g/mol. The van der Waals surface area contributed by atoms with Gasteiger partial charge >= 0.3 is 0 Å². The van der Waals surface area contributed by atoms with Gasteiger partial charge in [-0.1, -0.05) is 37.3 Å². The summed E-state index contributed by atoms with van der Waals surface area (Å²) >= 11 is 0. The molecule has 2 aromatic carbocycles. The highest BCUT2D eigenvalue weighted by Crippen LogP contribution is 2.24. The summed E-state index contributed by atoms with van der Waals surface area (Å²) in [6.07, 6.45) is 5.65. The molecule has 1 atom stereocenters. The number of carbonyl (C=O) groups is 1. The molecule has 0 aliphatic heterocycles. The molecule has 1 unspecified atom stereocenters. The topological polar surface area (TPSA) is 29.1 Å². The van der Waals surface area contributed by atoms with Gasteiger partial charge in [0.05, 0.1) is 6.04 Å². The summed E-state index contributed by atoms with van der Waals surface area (Å²) in [6, 6.07) is 14.6. The van der Waals surface area contributed by atoms with Gasteiger partial charge in [-0.25, -0.2) is 0 Å². The minimum absolute atomic E-state index is 0.0356. The molecule has 1 amide bonds. The second kappa shape index (κ2) is 6.99. The molecule has 0 bridgehead atoms. The van der Waals surface area contributed by atoms with E-state index in [0.29, 0.717) is 0 Å². The van der Waals surface area contributed by atoms with Gasteiger partial charge in [-0.3, -0.25) is 4.79 Å². The van der Waals surface area contributed by atoms with Crippen LogP contribution in [0.1, 0.15) is 64.8 Å². The molecule has 1 N–H and O–H groups in total. The van der Waals surface area contributed by atoms with E-state index in [1.165, 1.54) is 35.1 Å². The first-order valence-corrected chi connectivity index (χ1v) is 8.67. The molecule has 2 heteroatoms. The summed E-state index contributed by atoms with van der Waals surface area (Å²) in [5.41, 5.74) is 6.00. The summed E-state index contributed by atoms with van der Waals surface area (Å²) in [7, 11) is 0. The molecule has 1 aliphatic rings. The molecule has 2 aromatic rings. The maximum Gasteiger partial charge on any atom is 0.251 e. The van der Waals surface area contributed by atoms with Crippen LogP contribution in [0.2, 0.25) is 0 Å². The molecule has 0 saturated carbocycles.